The molecule has 1 aliphatic heterocycles. The smallest absolute Gasteiger partial charge is 0.277 e. The number of benzene rings is 1. The number of nitrogens with one attached hydrogen (secondary N) is 1. The van der Waals surface area contributed by atoms with Crippen LogP contribution in [0.15, 0.2) is 30.7 Å². The Bertz CT molecular complexity index is 692. The zero-order valence-corrected chi connectivity index (χ0v) is 11.1. The van der Waals surface area contributed by atoms with Gasteiger partial charge in [0.25, 0.3) is 5.91 Å². The number of aromatic nitrogens is 3. The number of fused-ring (bicyclic) bond motifs is 3. The monoisotopic (exact) mass is 271 g/mol. The zero-order valence-electron chi connectivity index (χ0n) is 11.1. The van der Waals surface area contributed by atoms with Gasteiger partial charge in [-0.15, -0.1) is 0 Å². The van der Waals surface area contributed by atoms with Gasteiger partial charge in [0, 0.05) is 36.3 Å². The predicted octanol–water partition coefficient (Wildman–Crippen LogP) is 1.43. The third-order valence-electron chi connectivity index (χ3n) is 3.09. The van der Waals surface area contributed by atoms with Gasteiger partial charge in [-0.05, 0) is 18.2 Å². The van der Waals surface area contributed by atoms with Crippen LogP contribution >= 0.6 is 0 Å². The van der Waals surface area contributed by atoms with E-state index in [9.17, 15) is 4.79 Å². The Morgan fingerprint density at radius 3 is 3.10 bits per heavy atom. The van der Waals surface area contributed by atoms with E-state index in [4.69, 9.17) is 4.84 Å². The average Bonchev–Trinajstić information content (AvgIpc) is 2.87. The largest absolute Gasteiger partial charge is 0.360 e. The van der Waals surface area contributed by atoms with E-state index in [1.807, 2.05) is 6.07 Å². The number of carbonyl (C=O) groups is 1. The van der Waals surface area contributed by atoms with Crippen molar-refractivity contribution in [2.24, 2.45) is 0 Å². The van der Waals surface area contributed by atoms with Crippen LogP contribution in [-0.2, 0) is 4.84 Å². The highest BCUT2D eigenvalue weighted by molar-refractivity contribution is 5.96. The quantitative estimate of drug-likeness (QED) is 0.837. The molecule has 1 aliphatic rings. The summed E-state index contributed by atoms with van der Waals surface area (Å²) in [5.41, 5.74) is 2.19. The highest BCUT2D eigenvalue weighted by Gasteiger charge is 2.18. The lowest BCUT2D eigenvalue weighted by Crippen LogP contribution is -2.25. The lowest BCUT2D eigenvalue weighted by Gasteiger charge is -2.15. The van der Waals surface area contributed by atoms with E-state index in [1.54, 1.807) is 36.3 Å². The van der Waals surface area contributed by atoms with Crippen LogP contribution in [0, 0.1) is 0 Å². The molecule has 1 amide bonds. The van der Waals surface area contributed by atoms with Crippen LogP contribution in [0.3, 0.4) is 0 Å². The second kappa shape index (κ2) is 4.78. The molecule has 0 saturated carbocycles. The van der Waals surface area contributed by atoms with Gasteiger partial charge in [0.15, 0.2) is 5.82 Å². The van der Waals surface area contributed by atoms with Gasteiger partial charge >= 0.3 is 0 Å². The number of nitrogens with zero attached hydrogens (tertiary/aromatic N) is 4. The third-order valence-corrected chi connectivity index (χ3v) is 3.09. The van der Waals surface area contributed by atoms with Crippen LogP contribution in [0.2, 0.25) is 0 Å². The fraction of sp³-hybridized carbons (Fsp3) is 0.154. The molecule has 0 aliphatic carbocycles. The summed E-state index contributed by atoms with van der Waals surface area (Å²) in [5.74, 6) is 0.453. The molecule has 3 rings (SSSR count). The van der Waals surface area contributed by atoms with Gasteiger partial charge in [0.05, 0.1) is 7.11 Å². The number of carbonyl (C=O) groups excluding carboxylic acids is 1. The van der Waals surface area contributed by atoms with Crippen molar-refractivity contribution in [3.8, 4) is 11.4 Å². The molecule has 7 nitrogen and oxygen atoms in total. The molecule has 102 valence electrons. The van der Waals surface area contributed by atoms with Crippen molar-refractivity contribution >= 4 is 17.8 Å². The Morgan fingerprint density at radius 1 is 1.45 bits per heavy atom. The van der Waals surface area contributed by atoms with Gasteiger partial charge in [-0.1, -0.05) is 0 Å². The molecule has 0 fully saturated rings. The lowest BCUT2D eigenvalue weighted by molar-refractivity contribution is -0.0756. The van der Waals surface area contributed by atoms with Crippen LogP contribution in [0.4, 0.5) is 5.69 Å². The Hall–Kier alpha value is -2.67. The SMILES string of the molecule is CON(C)C(=O)c1ccc2c(c1)-c1ncnn1C=CN2. The summed E-state index contributed by atoms with van der Waals surface area (Å²) in [5, 5.41) is 8.41. The molecule has 2 aromatic rings. The van der Waals surface area contributed by atoms with E-state index in [2.05, 4.69) is 15.4 Å². The maximum absolute atomic E-state index is 12.1. The van der Waals surface area contributed by atoms with Gasteiger partial charge in [0.2, 0.25) is 0 Å². The van der Waals surface area contributed by atoms with Crippen molar-refractivity contribution in [3.05, 3.63) is 36.3 Å². The Kier molecular flexibility index (Phi) is 2.96. The summed E-state index contributed by atoms with van der Waals surface area (Å²) in [7, 11) is 3.01. The first-order valence-corrected chi connectivity index (χ1v) is 6.00. The van der Waals surface area contributed by atoms with Crippen molar-refractivity contribution in [1.29, 1.82) is 0 Å². The molecule has 7 heteroatoms. The summed E-state index contributed by atoms with van der Waals surface area (Å²) in [6.07, 6.45) is 5.02. The molecule has 1 aromatic heterocycles. The molecule has 1 aromatic carbocycles. The minimum atomic E-state index is -0.224. The zero-order chi connectivity index (χ0) is 14.1. The fourth-order valence-corrected chi connectivity index (χ4v) is 2.00. The number of anilines is 1. The fourth-order valence-electron chi connectivity index (χ4n) is 2.00. The second-order valence-corrected chi connectivity index (χ2v) is 4.23. The van der Waals surface area contributed by atoms with Gasteiger partial charge in [-0.25, -0.2) is 14.7 Å². The minimum absolute atomic E-state index is 0.224. The minimum Gasteiger partial charge on any atom is -0.360 e. The van der Waals surface area contributed by atoms with Crippen molar-refractivity contribution < 1.29 is 9.63 Å². The molecule has 0 atom stereocenters. The van der Waals surface area contributed by atoms with Gasteiger partial charge < -0.3 is 5.32 Å². The molecular formula is C13H13N5O2. The number of hydrogen-bond acceptors (Lipinski definition) is 5. The van der Waals surface area contributed by atoms with Crippen LogP contribution in [0.1, 0.15) is 10.4 Å². The summed E-state index contributed by atoms with van der Waals surface area (Å²) in [4.78, 5) is 21.3. The molecule has 0 unspecified atom stereocenters. The molecule has 0 spiro atoms. The van der Waals surface area contributed by atoms with E-state index in [-0.39, 0.29) is 5.91 Å². The van der Waals surface area contributed by atoms with E-state index in [1.165, 1.54) is 18.5 Å². The van der Waals surface area contributed by atoms with Gasteiger partial charge in [-0.2, -0.15) is 5.10 Å². The number of rotatable bonds is 2. The maximum Gasteiger partial charge on any atom is 0.277 e. The first-order valence-electron chi connectivity index (χ1n) is 6.00. The highest BCUT2D eigenvalue weighted by atomic mass is 16.7. The average molecular weight is 271 g/mol. The molecule has 0 radical (unpaired) electrons. The number of amides is 1. The van der Waals surface area contributed by atoms with Crippen molar-refractivity contribution in [3.63, 3.8) is 0 Å². The molecule has 2 heterocycles. The standard InChI is InChI=1S/C13H13N5O2/c1-17(20-2)13(19)9-3-4-11-10(7-9)12-15-8-16-18(12)6-5-14-11/h3-8,14H,1-2H3. The van der Waals surface area contributed by atoms with Crippen molar-refractivity contribution in [2.45, 2.75) is 0 Å². The van der Waals surface area contributed by atoms with Crippen LogP contribution < -0.4 is 5.32 Å². The van der Waals surface area contributed by atoms with Crippen molar-refractivity contribution in [1.82, 2.24) is 19.8 Å². The first-order chi connectivity index (χ1) is 9.70. The summed E-state index contributed by atoms with van der Waals surface area (Å²) >= 11 is 0. The van der Waals surface area contributed by atoms with Crippen molar-refractivity contribution in [2.75, 3.05) is 19.5 Å². The van der Waals surface area contributed by atoms with E-state index < -0.39 is 0 Å². The topological polar surface area (TPSA) is 72.3 Å². The Balaban J connectivity index is 2.09. The van der Waals surface area contributed by atoms with Gasteiger partial charge in [0.1, 0.15) is 6.33 Å². The highest BCUT2D eigenvalue weighted by Crippen LogP contribution is 2.29. The number of hydrogen-bond donors (Lipinski definition) is 1. The van der Waals surface area contributed by atoms with Crippen LogP contribution in [-0.4, -0.2) is 39.9 Å². The van der Waals surface area contributed by atoms with Crippen LogP contribution in [0.5, 0.6) is 0 Å². The summed E-state index contributed by atoms with van der Waals surface area (Å²) < 4.78 is 1.65. The Labute approximate surface area is 115 Å². The molecule has 0 bridgehead atoms. The molecule has 20 heavy (non-hydrogen) atoms. The van der Waals surface area contributed by atoms with E-state index in [0.29, 0.717) is 11.4 Å². The summed E-state index contributed by atoms with van der Waals surface area (Å²) in [6, 6.07) is 5.35. The third kappa shape index (κ3) is 1.94. The van der Waals surface area contributed by atoms with Gasteiger partial charge in [-0.3, -0.25) is 9.63 Å². The molecule has 0 saturated heterocycles. The first kappa shape index (κ1) is 12.4. The normalized spacial score (nSPS) is 12.1. The van der Waals surface area contributed by atoms with Crippen LogP contribution in [0.25, 0.3) is 17.6 Å². The molecule has 1 N–H and O–H groups in total. The Morgan fingerprint density at radius 2 is 2.30 bits per heavy atom. The predicted molar refractivity (Wildman–Crippen MR) is 73.5 cm³/mol. The van der Waals surface area contributed by atoms with E-state index >= 15 is 0 Å². The second-order valence-electron chi connectivity index (χ2n) is 4.23. The maximum atomic E-state index is 12.1. The molecular weight excluding hydrogens is 258 g/mol. The van der Waals surface area contributed by atoms with E-state index in [0.717, 1.165) is 11.3 Å². The lowest BCUT2D eigenvalue weighted by atomic mass is 10.1. The summed E-state index contributed by atoms with van der Waals surface area (Å²) in [6.45, 7) is 0. The number of hydroxylamine groups is 2.